The van der Waals surface area contributed by atoms with Crippen molar-refractivity contribution >= 4 is 21.6 Å². The Bertz CT molecular complexity index is 709. The van der Waals surface area contributed by atoms with Gasteiger partial charge in [0.05, 0.1) is 11.9 Å². The minimum atomic E-state index is -0.140. The van der Waals surface area contributed by atoms with Crippen molar-refractivity contribution < 1.29 is 0 Å². The fourth-order valence-corrected chi connectivity index (χ4v) is 2.81. The van der Waals surface area contributed by atoms with E-state index < -0.39 is 0 Å². The summed E-state index contributed by atoms with van der Waals surface area (Å²) in [6.45, 7) is 6.33. The van der Waals surface area contributed by atoms with Crippen LogP contribution in [-0.2, 0) is 13.5 Å². The molecule has 21 heavy (non-hydrogen) atoms. The summed E-state index contributed by atoms with van der Waals surface area (Å²) in [7, 11) is 1.63. The van der Waals surface area contributed by atoms with Gasteiger partial charge in [-0.3, -0.25) is 4.79 Å². The van der Waals surface area contributed by atoms with Crippen molar-refractivity contribution in [1.82, 2.24) is 9.78 Å². The van der Waals surface area contributed by atoms with Crippen LogP contribution in [0, 0.1) is 13.8 Å². The largest absolute Gasteiger partial charge is 0.380 e. The lowest BCUT2D eigenvalue weighted by atomic mass is 10.00. The van der Waals surface area contributed by atoms with Crippen LogP contribution < -0.4 is 10.9 Å². The average Bonchev–Trinajstić information content (AvgIpc) is 2.43. The fraction of sp³-hybridized carbons (Fsp3) is 0.375. The lowest BCUT2D eigenvalue weighted by Gasteiger charge is -2.17. The van der Waals surface area contributed by atoms with E-state index in [4.69, 9.17) is 0 Å². The van der Waals surface area contributed by atoms with Gasteiger partial charge in [0.15, 0.2) is 0 Å². The number of aryl methyl sites for hydroxylation is 3. The van der Waals surface area contributed by atoms with Crippen molar-refractivity contribution in [1.29, 1.82) is 0 Å². The zero-order valence-electron chi connectivity index (χ0n) is 12.8. The molecule has 0 spiro atoms. The number of rotatable bonds is 4. The van der Waals surface area contributed by atoms with E-state index in [9.17, 15) is 4.79 Å². The van der Waals surface area contributed by atoms with E-state index in [1.165, 1.54) is 21.4 Å². The third-order valence-corrected chi connectivity index (χ3v) is 4.27. The number of nitrogens with zero attached hydrogens (tertiary/aromatic N) is 2. The van der Waals surface area contributed by atoms with Gasteiger partial charge < -0.3 is 5.32 Å². The van der Waals surface area contributed by atoms with Crippen LogP contribution in [0.5, 0.6) is 0 Å². The predicted molar refractivity (Wildman–Crippen MR) is 89.9 cm³/mol. The summed E-state index contributed by atoms with van der Waals surface area (Å²) < 4.78 is 1.83. The van der Waals surface area contributed by atoms with E-state index in [0.29, 0.717) is 4.47 Å². The van der Waals surface area contributed by atoms with Crippen molar-refractivity contribution in [2.75, 3.05) is 5.32 Å². The van der Waals surface area contributed by atoms with Crippen molar-refractivity contribution in [3.05, 3.63) is 55.9 Å². The van der Waals surface area contributed by atoms with Gasteiger partial charge >= 0.3 is 0 Å². The standard InChI is InChI=1S/C16H20BrN3O/c1-10-5-6-13(11(2)7-10)8-12(3)19-14-9-18-20(4)16(21)15(14)17/h5-7,9,12,19H,8H2,1-4H3. The molecule has 1 atom stereocenters. The second kappa shape index (κ2) is 6.43. The summed E-state index contributed by atoms with van der Waals surface area (Å²) in [6, 6.07) is 6.69. The number of benzene rings is 1. The number of aromatic nitrogens is 2. The first-order chi connectivity index (χ1) is 9.88. The second-order valence-corrected chi connectivity index (χ2v) is 6.27. The minimum absolute atomic E-state index is 0.140. The Morgan fingerprint density at radius 1 is 1.38 bits per heavy atom. The number of halogens is 1. The fourth-order valence-electron chi connectivity index (χ4n) is 2.33. The quantitative estimate of drug-likeness (QED) is 0.921. The molecule has 0 radical (unpaired) electrons. The van der Waals surface area contributed by atoms with Crippen molar-refractivity contribution in [3.63, 3.8) is 0 Å². The first-order valence-corrected chi connectivity index (χ1v) is 7.72. The van der Waals surface area contributed by atoms with E-state index in [2.05, 4.69) is 65.3 Å². The van der Waals surface area contributed by atoms with Gasteiger partial charge in [-0.25, -0.2) is 4.68 Å². The SMILES string of the molecule is Cc1ccc(CC(C)Nc2cnn(C)c(=O)c2Br)c(C)c1. The molecule has 1 heterocycles. The molecule has 0 fully saturated rings. The third kappa shape index (κ3) is 3.73. The van der Waals surface area contributed by atoms with Gasteiger partial charge in [-0.1, -0.05) is 23.8 Å². The average molecular weight is 350 g/mol. The maximum absolute atomic E-state index is 11.8. The van der Waals surface area contributed by atoms with E-state index in [-0.39, 0.29) is 11.6 Å². The van der Waals surface area contributed by atoms with E-state index in [1.807, 2.05) is 0 Å². The van der Waals surface area contributed by atoms with Crippen LogP contribution in [0.15, 0.2) is 33.7 Å². The summed E-state index contributed by atoms with van der Waals surface area (Å²) in [5.41, 5.74) is 4.47. The Hall–Kier alpha value is -1.62. The normalized spacial score (nSPS) is 12.2. The predicted octanol–water partition coefficient (Wildman–Crippen LogP) is 3.20. The van der Waals surface area contributed by atoms with Crippen molar-refractivity contribution in [3.8, 4) is 0 Å². The van der Waals surface area contributed by atoms with Crippen LogP contribution in [0.3, 0.4) is 0 Å². The zero-order chi connectivity index (χ0) is 15.6. The minimum Gasteiger partial charge on any atom is -0.380 e. The molecule has 5 heteroatoms. The Kier molecular flexibility index (Phi) is 4.83. The van der Waals surface area contributed by atoms with Crippen LogP contribution >= 0.6 is 15.9 Å². The Morgan fingerprint density at radius 3 is 2.76 bits per heavy atom. The molecule has 0 saturated heterocycles. The summed E-state index contributed by atoms with van der Waals surface area (Å²) in [6.07, 6.45) is 2.57. The Balaban J connectivity index is 2.13. The summed E-state index contributed by atoms with van der Waals surface area (Å²) >= 11 is 3.33. The molecule has 1 unspecified atom stereocenters. The van der Waals surface area contributed by atoms with E-state index in [1.54, 1.807) is 13.2 Å². The summed E-state index contributed by atoms with van der Waals surface area (Å²) in [5.74, 6) is 0. The van der Waals surface area contributed by atoms with Crippen LogP contribution in [0.25, 0.3) is 0 Å². The van der Waals surface area contributed by atoms with Crippen LogP contribution in [-0.4, -0.2) is 15.8 Å². The summed E-state index contributed by atoms with van der Waals surface area (Å²) in [5, 5.41) is 7.39. The lowest BCUT2D eigenvalue weighted by Crippen LogP contribution is -2.25. The molecule has 1 aromatic carbocycles. The lowest BCUT2D eigenvalue weighted by molar-refractivity contribution is 0.698. The monoisotopic (exact) mass is 349 g/mol. The van der Waals surface area contributed by atoms with Gasteiger partial charge in [-0.05, 0) is 54.2 Å². The maximum atomic E-state index is 11.8. The highest BCUT2D eigenvalue weighted by atomic mass is 79.9. The highest BCUT2D eigenvalue weighted by Crippen LogP contribution is 2.19. The number of hydrogen-bond donors (Lipinski definition) is 1. The molecule has 4 nitrogen and oxygen atoms in total. The molecule has 0 saturated carbocycles. The Labute approximate surface area is 133 Å². The molecule has 0 aliphatic rings. The van der Waals surface area contributed by atoms with Gasteiger partial charge in [0.1, 0.15) is 4.47 Å². The van der Waals surface area contributed by atoms with Crippen LogP contribution in [0.2, 0.25) is 0 Å². The second-order valence-electron chi connectivity index (χ2n) is 5.48. The molecular formula is C16H20BrN3O. The number of nitrogens with one attached hydrogen (secondary N) is 1. The number of anilines is 1. The van der Waals surface area contributed by atoms with Crippen molar-refractivity contribution in [2.45, 2.75) is 33.2 Å². The molecule has 2 rings (SSSR count). The van der Waals surface area contributed by atoms with E-state index in [0.717, 1.165) is 12.1 Å². The van der Waals surface area contributed by atoms with E-state index >= 15 is 0 Å². The van der Waals surface area contributed by atoms with Crippen LogP contribution in [0.1, 0.15) is 23.6 Å². The van der Waals surface area contributed by atoms with Crippen molar-refractivity contribution in [2.24, 2.45) is 7.05 Å². The molecule has 0 aliphatic carbocycles. The van der Waals surface area contributed by atoms with Gasteiger partial charge in [0, 0.05) is 13.1 Å². The molecule has 2 aromatic rings. The van der Waals surface area contributed by atoms with Crippen LogP contribution in [0.4, 0.5) is 5.69 Å². The highest BCUT2D eigenvalue weighted by molar-refractivity contribution is 9.10. The molecule has 0 aliphatic heterocycles. The smallest absolute Gasteiger partial charge is 0.282 e. The topological polar surface area (TPSA) is 46.9 Å². The van der Waals surface area contributed by atoms with Gasteiger partial charge in [0.25, 0.3) is 5.56 Å². The number of hydrogen-bond acceptors (Lipinski definition) is 3. The summed E-state index contributed by atoms with van der Waals surface area (Å²) in [4.78, 5) is 11.8. The zero-order valence-corrected chi connectivity index (χ0v) is 14.4. The first kappa shape index (κ1) is 15.8. The molecule has 1 N–H and O–H groups in total. The molecule has 112 valence electrons. The Morgan fingerprint density at radius 2 is 2.10 bits per heavy atom. The molecule has 0 bridgehead atoms. The first-order valence-electron chi connectivity index (χ1n) is 6.93. The molecule has 0 amide bonds. The third-order valence-electron chi connectivity index (χ3n) is 3.50. The van der Waals surface area contributed by atoms with Gasteiger partial charge in [-0.15, -0.1) is 0 Å². The highest BCUT2D eigenvalue weighted by Gasteiger charge is 2.11. The molecule has 1 aromatic heterocycles. The van der Waals surface area contributed by atoms with Gasteiger partial charge in [0.2, 0.25) is 0 Å². The van der Waals surface area contributed by atoms with Gasteiger partial charge in [-0.2, -0.15) is 5.10 Å². The molecular weight excluding hydrogens is 330 g/mol. The maximum Gasteiger partial charge on any atom is 0.282 e.